The number of carbonyl (C=O) groups is 1. The fourth-order valence-electron chi connectivity index (χ4n) is 6.76. The van der Waals surface area contributed by atoms with Crippen LogP contribution in [0.4, 0.5) is 0 Å². The number of carbonyl (C=O) groups excluding carboxylic acids is 1. The Bertz CT molecular complexity index is 756. The molecule has 44 heavy (non-hydrogen) atoms. The summed E-state index contributed by atoms with van der Waals surface area (Å²) in [6.07, 6.45) is 25.2. The summed E-state index contributed by atoms with van der Waals surface area (Å²) < 4.78 is 11.1. The molecule has 1 saturated heterocycles. The van der Waals surface area contributed by atoms with E-state index in [2.05, 4.69) is 6.92 Å². The molecule has 0 saturated carbocycles. The standard InChI is InChI=1S/C37H68O7/c1-3-4-5-6-7-8-9-10-11-12-13-14-15-19-22-33(40)35-25-26-36(44-35)34(41)24-23-31(38)20-17-16-18-21-32(39)28-30-27-29(2)43-37(30)42/h27,29,31-36,38-41H,3-26,28H2,1-2H3/t29-,31+,32+,33+,34+,35+,36+/m0/s1. The van der Waals surface area contributed by atoms with Crippen LogP contribution in [0.2, 0.25) is 0 Å². The third-order valence-electron chi connectivity index (χ3n) is 9.61. The molecule has 0 aliphatic carbocycles. The van der Waals surface area contributed by atoms with Gasteiger partial charge in [0.05, 0.1) is 36.6 Å². The third kappa shape index (κ3) is 17.6. The number of unbranched alkanes of at least 4 members (excludes halogenated alkanes) is 15. The molecule has 0 amide bonds. The van der Waals surface area contributed by atoms with Crippen molar-refractivity contribution in [1.29, 1.82) is 0 Å². The molecule has 2 aliphatic heterocycles. The number of ether oxygens (including phenoxy) is 2. The molecule has 4 N–H and O–H groups in total. The van der Waals surface area contributed by atoms with Gasteiger partial charge in [-0.2, -0.15) is 0 Å². The molecule has 0 unspecified atom stereocenters. The molecule has 7 atom stereocenters. The van der Waals surface area contributed by atoms with E-state index in [1.807, 2.05) is 6.92 Å². The Hall–Kier alpha value is -0.990. The largest absolute Gasteiger partial charge is 0.455 e. The van der Waals surface area contributed by atoms with Crippen LogP contribution in [-0.2, 0) is 14.3 Å². The van der Waals surface area contributed by atoms with E-state index in [0.717, 1.165) is 44.9 Å². The number of cyclic esters (lactones) is 1. The molecule has 0 aromatic carbocycles. The maximum atomic E-state index is 11.7. The molecule has 0 spiro atoms. The summed E-state index contributed by atoms with van der Waals surface area (Å²) in [5, 5.41) is 41.9. The van der Waals surface area contributed by atoms with Crippen LogP contribution in [0.25, 0.3) is 0 Å². The summed E-state index contributed by atoms with van der Waals surface area (Å²) in [5.41, 5.74) is 0.566. The fourth-order valence-corrected chi connectivity index (χ4v) is 6.76. The van der Waals surface area contributed by atoms with Gasteiger partial charge in [0.15, 0.2) is 0 Å². The van der Waals surface area contributed by atoms with E-state index >= 15 is 0 Å². The number of hydrogen-bond donors (Lipinski definition) is 4. The maximum absolute atomic E-state index is 11.7. The number of aliphatic hydroxyl groups excluding tert-OH is 4. The third-order valence-corrected chi connectivity index (χ3v) is 9.61. The van der Waals surface area contributed by atoms with Crippen LogP contribution in [0, 0.1) is 0 Å². The first kappa shape index (κ1) is 39.2. The molecule has 0 aromatic rings. The van der Waals surface area contributed by atoms with Crippen LogP contribution in [-0.4, -0.2) is 69.1 Å². The minimum absolute atomic E-state index is 0.184. The van der Waals surface area contributed by atoms with Crippen molar-refractivity contribution in [1.82, 2.24) is 0 Å². The lowest BCUT2D eigenvalue weighted by atomic mass is 9.98. The van der Waals surface area contributed by atoms with Gasteiger partial charge < -0.3 is 29.9 Å². The van der Waals surface area contributed by atoms with E-state index in [-0.39, 0.29) is 24.3 Å². The van der Waals surface area contributed by atoms with E-state index < -0.39 is 24.4 Å². The minimum atomic E-state index is -0.614. The highest BCUT2D eigenvalue weighted by atomic mass is 16.5. The van der Waals surface area contributed by atoms with Crippen LogP contribution in [0.5, 0.6) is 0 Å². The lowest BCUT2D eigenvalue weighted by Crippen LogP contribution is -2.31. The van der Waals surface area contributed by atoms with Crippen molar-refractivity contribution < 1.29 is 34.7 Å². The van der Waals surface area contributed by atoms with Gasteiger partial charge in [-0.05, 0) is 57.9 Å². The highest BCUT2D eigenvalue weighted by Crippen LogP contribution is 2.28. The number of rotatable bonds is 28. The quantitative estimate of drug-likeness (QED) is 0.0518. The van der Waals surface area contributed by atoms with Gasteiger partial charge in [0, 0.05) is 12.0 Å². The molecule has 7 nitrogen and oxygen atoms in total. The summed E-state index contributed by atoms with van der Waals surface area (Å²) in [5.74, 6) is -0.322. The Balaban J connectivity index is 1.40. The van der Waals surface area contributed by atoms with E-state index in [0.29, 0.717) is 37.7 Å². The zero-order chi connectivity index (χ0) is 32.0. The second-order valence-corrected chi connectivity index (χ2v) is 13.8. The summed E-state index contributed by atoms with van der Waals surface area (Å²) in [4.78, 5) is 11.7. The van der Waals surface area contributed by atoms with Gasteiger partial charge in [0.2, 0.25) is 0 Å². The molecule has 7 heteroatoms. The first-order chi connectivity index (χ1) is 21.3. The van der Waals surface area contributed by atoms with Crippen molar-refractivity contribution in [3.8, 4) is 0 Å². The van der Waals surface area contributed by atoms with Gasteiger partial charge in [-0.1, -0.05) is 116 Å². The average Bonchev–Trinajstić information content (AvgIpc) is 3.62. The highest BCUT2D eigenvalue weighted by molar-refractivity contribution is 5.90. The van der Waals surface area contributed by atoms with Crippen LogP contribution in [0.15, 0.2) is 11.6 Å². The summed E-state index contributed by atoms with van der Waals surface area (Å²) in [6, 6.07) is 0. The molecule has 0 aromatic heterocycles. The van der Waals surface area contributed by atoms with Crippen molar-refractivity contribution >= 4 is 5.97 Å². The van der Waals surface area contributed by atoms with Gasteiger partial charge >= 0.3 is 5.97 Å². The van der Waals surface area contributed by atoms with E-state index in [1.54, 1.807) is 6.08 Å². The van der Waals surface area contributed by atoms with Gasteiger partial charge in [0.1, 0.15) is 6.10 Å². The Morgan fingerprint density at radius 1 is 0.636 bits per heavy atom. The molecular weight excluding hydrogens is 556 g/mol. The second-order valence-electron chi connectivity index (χ2n) is 13.8. The molecule has 2 aliphatic rings. The average molecular weight is 625 g/mol. The molecular formula is C37H68O7. The van der Waals surface area contributed by atoms with Gasteiger partial charge in [-0.25, -0.2) is 4.79 Å². The predicted molar refractivity (Wildman–Crippen MR) is 177 cm³/mol. The second kappa shape index (κ2) is 24.2. The first-order valence-corrected chi connectivity index (χ1v) is 18.6. The normalized spacial score (nSPS) is 23.0. The molecule has 258 valence electrons. The van der Waals surface area contributed by atoms with Crippen molar-refractivity contribution in [2.45, 2.75) is 217 Å². The van der Waals surface area contributed by atoms with Crippen LogP contribution in [0.1, 0.15) is 174 Å². The van der Waals surface area contributed by atoms with E-state index in [4.69, 9.17) is 9.47 Å². The molecule has 0 bridgehead atoms. The topological polar surface area (TPSA) is 116 Å². The molecule has 0 radical (unpaired) electrons. The van der Waals surface area contributed by atoms with Crippen molar-refractivity contribution in [2.75, 3.05) is 0 Å². The molecule has 2 heterocycles. The fraction of sp³-hybridized carbons (Fsp3) is 0.919. The number of esters is 1. The smallest absolute Gasteiger partial charge is 0.334 e. The Labute approximate surface area is 269 Å². The predicted octanol–water partition coefficient (Wildman–Crippen LogP) is 7.84. The lowest BCUT2D eigenvalue weighted by Gasteiger charge is -2.23. The Morgan fingerprint density at radius 3 is 1.61 bits per heavy atom. The zero-order valence-corrected chi connectivity index (χ0v) is 28.3. The number of hydrogen-bond acceptors (Lipinski definition) is 7. The summed E-state index contributed by atoms with van der Waals surface area (Å²) >= 11 is 0. The molecule has 1 fully saturated rings. The summed E-state index contributed by atoms with van der Waals surface area (Å²) in [7, 11) is 0. The zero-order valence-electron chi connectivity index (χ0n) is 28.3. The van der Waals surface area contributed by atoms with Gasteiger partial charge in [0.25, 0.3) is 0 Å². The summed E-state index contributed by atoms with van der Waals surface area (Å²) in [6.45, 7) is 4.08. The van der Waals surface area contributed by atoms with Crippen LogP contribution in [0.3, 0.4) is 0 Å². The van der Waals surface area contributed by atoms with Gasteiger partial charge in [-0.15, -0.1) is 0 Å². The van der Waals surface area contributed by atoms with E-state index in [1.165, 1.54) is 83.5 Å². The highest BCUT2D eigenvalue weighted by Gasteiger charge is 2.34. The molecule has 2 rings (SSSR count). The van der Waals surface area contributed by atoms with Crippen molar-refractivity contribution in [3.05, 3.63) is 11.6 Å². The van der Waals surface area contributed by atoms with E-state index in [9.17, 15) is 25.2 Å². The lowest BCUT2D eigenvalue weighted by molar-refractivity contribution is -0.139. The SMILES string of the molecule is CCCCCCCCCCCCCCCC[C@@H](O)[C@H]1CC[C@H]([C@H](O)CC[C@H](O)CCCCC[C@@H](O)CC2=C[C@H](C)OC2=O)O1. The Morgan fingerprint density at radius 2 is 1.09 bits per heavy atom. The van der Waals surface area contributed by atoms with Crippen LogP contribution >= 0.6 is 0 Å². The van der Waals surface area contributed by atoms with Crippen LogP contribution < -0.4 is 0 Å². The van der Waals surface area contributed by atoms with Crippen molar-refractivity contribution in [3.63, 3.8) is 0 Å². The number of aliphatic hydroxyl groups is 4. The van der Waals surface area contributed by atoms with Crippen molar-refractivity contribution in [2.24, 2.45) is 0 Å². The maximum Gasteiger partial charge on any atom is 0.334 e. The first-order valence-electron chi connectivity index (χ1n) is 18.6. The minimum Gasteiger partial charge on any atom is -0.455 e. The van der Waals surface area contributed by atoms with Gasteiger partial charge in [-0.3, -0.25) is 0 Å². The monoisotopic (exact) mass is 624 g/mol. The Kier molecular flexibility index (Phi) is 21.6.